The van der Waals surface area contributed by atoms with E-state index in [-0.39, 0.29) is 10.3 Å². The molecule has 0 radical (unpaired) electrons. The summed E-state index contributed by atoms with van der Waals surface area (Å²) in [7, 11) is 0. The van der Waals surface area contributed by atoms with Crippen LogP contribution < -0.4 is 0 Å². The number of nitrogens with one attached hydrogen (secondary N) is 1. The van der Waals surface area contributed by atoms with E-state index in [1.807, 2.05) is 30.3 Å². The largest absolute Gasteiger partial charge is 0.409 e. The number of para-hydroxylation sites is 1. The van der Waals surface area contributed by atoms with Crippen molar-refractivity contribution in [2.45, 2.75) is 26.2 Å². The number of hydrogen-bond donors (Lipinski definition) is 1. The molecule has 0 atom stereocenters. The molecule has 0 aliphatic heterocycles. The van der Waals surface area contributed by atoms with E-state index >= 15 is 0 Å². The average molecular weight is 285 g/mol. The SMILES string of the molecule is CC(C)(C)c1cc(-c2n[nH]c(=S)o2)c2ccccc2n1. The molecule has 0 saturated carbocycles. The zero-order valence-corrected chi connectivity index (χ0v) is 12.4. The molecule has 4 nitrogen and oxygen atoms in total. The predicted octanol–water partition coefficient (Wildman–Crippen LogP) is 4.24. The molecule has 0 aliphatic carbocycles. The second kappa shape index (κ2) is 4.52. The fraction of sp³-hybridized carbons (Fsp3) is 0.267. The van der Waals surface area contributed by atoms with Crippen molar-refractivity contribution in [1.29, 1.82) is 0 Å². The zero-order valence-electron chi connectivity index (χ0n) is 11.6. The van der Waals surface area contributed by atoms with Crippen molar-refractivity contribution in [2.75, 3.05) is 0 Å². The molecule has 0 unspecified atom stereocenters. The van der Waals surface area contributed by atoms with Gasteiger partial charge < -0.3 is 4.42 Å². The van der Waals surface area contributed by atoms with Crippen molar-refractivity contribution in [2.24, 2.45) is 0 Å². The molecule has 2 heterocycles. The molecule has 5 heteroatoms. The maximum Gasteiger partial charge on any atom is 0.284 e. The lowest BCUT2D eigenvalue weighted by molar-refractivity contribution is 0.550. The van der Waals surface area contributed by atoms with E-state index in [0.717, 1.165) is 22.2 Å². The average Bonchev–Trinajstić information content (AvgIpc) is 2.83. The molecule has 20 heavy (non-hydrogen) atoms. The number of nitrogens with zero attached hydrogens (tertiary/aromatic N) is 2. The van der Waals surface area contributed by atoms with Crippen molar-refractivity contribution < 1.29 is 4.42 Å². The summed E-state index contributed by atoms with van der Waals surface area (Å²) < 4.78 is 5.47. The third kappa shape index (κ3) is 2.25. The quantitative estimate of drug-likeness (QED) is 0.679. The van der Waals surface area contributed by atoms with Gasteiger partial charge in [-0.25, -0.2) is 5.10 Å². The first-order valence-corrected chi connectivity index (χ1v) is 6.82. The van der Waals surface area contributed by atoms with Crippen LogP contribution in [-0.2, 0) is 5.41 Å². The van der Waals surface area contributed by atoms with Crippen molar-refractivity contribution in [1.82, 2.24) is 15.2 Å². The summed E-state index contributed by atoms with van der Waals surface area (Å²) >= 11 is 4.96. The standard InChI is InChI=1S/C15H15N3OS/c1-15(2,3)12-8-10(13-17-18-14(20)19-13)9-6-4-5-7-11(9)16-12/h4-8H,1-3H3,(H,18,20). The number of pyridine rings is 1. The first kappa shape index (κ1) is 13.0. The Hall–Kier alpha value is -2.01. The van der Waals surface area contributed by atoms with Gasteiger partial charge in [-0.15, -0.1) is 5.10 Å². The Morgan fingerprint density at radius 1 is 1.20 bits per heavy atom. The molecule has 1 aromatic carbocycles. The van der Waals surface area contributed by atoms with Crippen LogP contribution in [0.5, 0.6) is 0 Å². The van der Waals surface area contributed by atoms with Crippen molar-refractivity contribution >= 4 is 23.1 Å². The van der Waals surface area contributed by atoms with Crippen molar-refractivity contribution in [3.63, 3.8) is 0 Å². The minimum Gasteiger partial charge on any atom is -0.409 e. The predicted molar refractivity (Wildman–Crippen MR) is 81.1 cm³/mol. The van der Waals surface area contributed by atoms with E-state index < -0.39 is 0 Å². The van der Waals surface area contributed by atoms with Crippen LogP contribution in [-0.4, -0.2) is 15.2 Å². The third-order valence-electron chi connectivity index (χ3n) is 3.15. The van der Waals surface area contributed by atoms with Crippen LogP contribution in [0.15, 0.2) is 34.7 Å². The highest BCUT2D eigenvalue weighted by Crippen LogP contribution is 2.31. The third-order valence-corrected chi connectivity index (χ3v) is 3.33. The number of aromatic amines is 1. The minimum atomic E-state index is -0.0497. The maximum atomic E-state index is 5.47. The van der Waals surface area contributed by atoms with Crippen molar-refractivity contribution in [3.8, 4) is 11.5 Å². The second-order valence-electron chi connectivity index (χ2n) is 5.74. The molecule has 0 bridgehead atoms. The van der Waals surface area contributed by atoms with Gasteiger partial charge in [0, 0.05) is 22.1 Å². The lowest BCUT2D eigenvalue weighted by Gasteiger charge is -2.19. The molecule has 1 N–H and O–H groups in total. The van der Waals surface area contributed by atoms with Gasteiger partial charge in [0.2, 0.25) is 5.89 Å². The topological polar surface area (TPSA) is 54.7 Å². The Morgan fingerprint density at radius 2 is 1.95 bits per heavy atom. The molecule has 0 spiro atoms. The van der Waals surface area contributed by atoms with E-state index in [4.69, 9.17) is 21.6 Å². The van der Waals surface area contributed by atoms with Gasteiger partial charge in [0.1, 0.15) is 0 Å². The van der Waals surface area contributed by atoms with Gasteiger partial charge in [-0.3, -0.25) is 4.98 Å². The van der Waals surface area contributed by atoms with E-state index in [1.54, 1.807) is 0 Å². The van der Waals surface area contributed by atoms with Gasteiger partial charge in [0.05, 0.1) is 5.52 Å². The number of aromatic nitrogens is 3. The van der Waals surface area contributed by atoms with Gasteiger partial charge in [-0.2, -0.15) is 0 Å². The normalized spacial score (nSPS) is 11.9. The van der Waals surface area contributed by atoms with Crippen LogP contribution in [0.2, 0.25) is 0 Å². The zero-order chi connectivity index (χ0) is 14.3. The molecule has 3 aromatic rings. The number of fused-ring (bicyclic) bond motifs is 1. The first-order chi connectivity index (χ1) is 9.45. The van der Waals surface area contributed by atoms with Crippen LogP contribution in [0.1, 0.15) is 26.5 Å². The van der Waals surface area contributed by atoms with Crippen LogP contribution in [0.25, 0.3) is 22.4 Å². The fourth-order valence-corrected chi connectivity index (χ4v) is 2.21. The maximum absolute atomic E-state index is 5.47. The highest BCUT2D eigenvalue weighted by molar-refractivity contribution is 7.71. The Kier molecular flexibility index (Phi) is 2.94. The van der Waals surface area contributed by atoms with Gasteiger partial charge in [-0.1, -0.05) is 39.0 Å². The summed E-state index contributed by atoms with van der Waals surface area (Å²) in [4.78, 5) is 5.01. The summed E-state index contributed by atoms with van der Waals surface area (Å²) in [5.41, 5.74) is 2.79. The second-order valence-corrected chi connectivity index (χ2v) is 6.11. The monoisotopic (exact) mass is 285 g/mol. The van der Waals surface area contributed by atoms with Crippen molar-refractivity contribution in [3.05, 3.63) is 40.9 Å². The summed E-state index contributed by atoms with van der Waals surface area (Å²) in [6, 6.07) is 9.99. The van der Waals surface area contributed by atoms with E-state index in [0.29, 0.717) is 5.89 Å². The van der Waals surface area contributed by atoms with E-state index in [1.165, 1.54) is 0 Å². The van der Waals surface area contributed by atoms with Gasteiger partial charge >= 0.3 is 0 Å². The van der Waals surface area contributed by atoms with Crippen LogP contribution in [0.3, 0.4) is 0 Å². The summed E-state index contributed by atoms with van der Waals surface area (Å²) in [5.74, 6) is 0.499. The number of benzene rings is 1. The van der Waals surface area contributed by atoms with Gasteiger partial charge in [-0.05, 0) is 24.4 Å². The Bertz CT molecular complexity index is 827. The molecular weight excluding hydrogens is 270 g/mol. The minimum absolute atomic E-state index is 0.0497. The Balaban J connectivity index is 2.36. The fourth-order valence-electron chi connectivity index (χ4n) is 2.08. The molecule has 0 amide bonds. The highest BCUT2D eigenvalue weighted by atomic mass is 32.1. The number of H-pyrrole nitrogens is 1. The molecule has 0 aliphatic rings. The smallest absolute Gasteiger partial charge is 0.284 e. The summed E-state index contributed by atoms with van der Waals surface area (Å²) in [6.45, 7) is 6.40. The van der Waals surface area contributed by atoms with Crippen LogP contribution >= 0.6 is 12.2 Å². The van der Waals surface area contributed by atoms with Gasteiger partial charge in [0.15, 0.2) is 0 Å². The molecule has 0 saturated heterocycles. The number of hydrogen-bond acceptors (Lipinski definition) is 4. The number of rotatable bonds is 1. The van der Waals surface area contributed by atoms with E-state index in [9.17, 15) is 0 Å². The van der Waals surface area contributed by atoms with Gasteiger partial charge in [0.25, 0.3) is 4.84 Å². The Morgan fingerprint density at radius 3 is 2.60 bits per heavy atom. The molecule has 3 rings (SSSR count). The summed E-state index contributed by atoms with van der Waals surface area (Å²) in [5, 5.41) is 7.81. The molecule has 0 fully saturated rings. The van der Waals surface area contributed by atoms with E-state index in [2.05, 4.69) is 31.0 Å². The molecule has 2 aromatic heterocycles. The lowest BCUT2D eigenvalue weighted by atomic mass is 9.90. The lowest BCUT2D eigenvalue weighted by Crippen LogP contribution is -2.13. The Labute approximate surface area is 121 Å². The molecular formula is C15H15N3OS. The highest BCUT2D eigenvalue weighted by Gasteiger charge is 2.19. The van der Waals surface area contributed by atoms with Crippen LogP contribution in [0, 0.1) is 4.84 Å². The first-order valence-electron chi connectivity index (χ1n) is 6.41. The summed E-state index contributed by atoms with van der Waals surface area (Å²) in [6.07, 6.45) is 0. The molecule has 102 valence electrons. The van der Waals surface area contributed by atoms with Crippen LogP contribution in [0.4, 0.5) is 0 Å².